The predicted molar refractivity (Wildman–Crippen MR) is 99.8 cm³/mol. The van der Waals surface area contributed by atoms with Crippen LogP contribution in [-0.2, 0) is 14.3 Å². The molecule has 0 radical (unpaired) electrons. The molecule has 0 unspecified atom stereocenters. The molecule has 3 N–H and O–H groups in total. The summed E-state index contributed by atoms with van der Waals surface area (Å²) < 4.78 is 24.6. The Kier molecular flexibility index (Phi) is 6.64. The molecular formula is C19H28FN3O4. The third-order valence-corrected chi connectivity index (χ3v) is 4.22. The first kappa shape index (κ1) is 21.0. The average Bonchev–Trinajstić information content (AvgIpc) is 2.57. The monoisotopic (exact) mass is 381 g/mol. The zero-order valence-electron chi connectivity index (χ0n) is 16.3. The molecule has 2 atom stereocenters. The van der Waals surface area contributed by atoms with E-state index in [0.717, 1.165) is 0 Å². The van der Waals surface area contributed by atoms with Crippen LogP contribution in [0.3, 0.4) is 0 Å². The minimum Gasteiger partial charge on any atom is -0.444 e. The summed E-state index contributed by atoms with van der Waals surface area (Å²) in [6.45, 7) is 8.75. The molecule has 2 amide bonds. The zero-order valence-corrected chi connectivity index (χ0v) is 16.3. The lowest BCUT2D eigenvalue weighted by molar-refractivity contribution is -0.137. The summed E-state index contributed by atoms with van der Waals surface area (Å²) in [6, 6.07) is 3.66. The predicted octanol–water partition coefficient (Wildman–Crippen LogP) is 2.26. The molecule has 2 rings (SSSR count). The number of ether oxygens (including phenoxy) is 2. The quantitative estimate of drug-likeness (QED) is 0.781. The van der Waals surface area contributed by atoms with Gasteiger partial charge in [-0.15, -0.1) is 0 Å². The van der Waals surface area contributed by atoms with Crippen molar-refractivity contribution in [3.8, 4) is 0 Å². The van der Waals surface area contributed by atoms with E-state index in [-0.39, 0.29) is 11.6 Å². The molecule has 0 spiro atoms. The lowest BCUT2D eigenvalue weighted by Crippen LogP contribution is -2.49. The summed E-state index contributed by atoms with van der Waals surface area (Å²) in [6.07, 6.45) is -0.634. The minimum absolute atomic E-state index is 0.00377. The largest absolute Gasteiger partial charge is 0.444 e. The maximum Gasteiger partial charge on any atom is 0.407 e. The van der Waals surface area contributed by atoms with E-state index in [0.29, 0.717) is 31.9 Å². The number of halogens is 1. The standard InChI is InChI=1S/C19H28FN3O4/c1-12(22-18(25)27-19(2,3)4)16(13-5-6-15(21)14(20)11-13)17(24)23-7-9-26-10-8-23/h5-6,11-12,16H,7-10,21H2,1-4H3,(H,22,25)/t12-,16-/m1/s1. The van der Waals surface area contributed by atoms with Gasteiger partial charge in [-0.3, -0.25) is 4.79 Å². The first-order valence-corrected chi connectivity index (χ1v) is 8.99. The van der Waals surface area contributed by atoms with Crippen molar-refractivity contribution in [1.82, 2.24) is 10.2 Å². The van der Waals surface area contributed by atoms with Crippen LogP contribution < -0.4 is 11.1 Å². The third-order valence-electron chi connectivity index (χ3n) is 4.22. The van der Waals surface area contributed by atoms with E-state index >= 15 is 0 Å². The van der Waals surface area contributed by atoms with E-state index in [2.05, 4.69) is 5.32 Å². The number of rotatable bonds is 4. The van der Waals surface area contributed by atoms with Crippen LogP contribution in [-0.4, -0.2) is 54.8 Å². The molecule has 1 heterocycles. The van der Waals surface area contributed by atoms with Gasteiger partial charge in [-0.05, 0) is 45.4 Å². The van der Waals surface area contributed by atoms with Crippen LogP contribution in [0.15, 0.2) is 18.2 Å². The first-order valence-electron chi connectivity index (χ1n) is 8.99. The average molecular weight is 381 g/mol. The number of nitrogens with one attached hydrogen (secondary N) is 1. The number of hydrogen-bond acceptors (Lipinski definition) is 5. The number of hydrogen-bond donors (Lipinski definition) is 2. The van der Waals surface area contributed by atoms with Gasteiger partial charge in [0.15, 0.2) is 0 Å². The summed E-state index contributed by atoms with van der Waals surface area (Å²) in [7, 11) is 0. The van der Waals surface area contributed by atoms with Crippen molar-refractivity contribution in [2.75, 3.05) is 32.0 Å². The Bertz CT molecular complexity index is 684. The molecule has 1 fully saturated rings. The molecule has 0 aliphatic carbocycles. The van der Waals surface area contributed by atoms with Gasteiger partial charge >= 0.3 is 6.09 Å². The Morgan fingerprint density at radius 1 is 1.30 bits per heavy atom. The van der Waals surface area contributed by atoms with E-state index < -0.39 is 29.5 Å². The molecule has 1 aromatic rings. The maximum absolute atomic E-state index is 14.0. The second kappa shape index (κ2) is 8.56. The van der Waals surface area contributed by atoms with E-state index in [9.17, 15) is 14.0 Å². The summed E-state index contributed by atoms with van der Waals surface area (Å²) in [5.41, 5.74) is 5.34. The van der Waals surface area contributed by atoms with Crippen molar-refractivity contribution in [3.05, 3.63) is 29.6 Å². The zero-order chi connectivity index (χ0) is 20.2. The van der Waals surface area contributed by atoms with Crippen molar-refractivity contribution in [1.29, 1.82) is 0 Å². The Morgan fingerprint density at radius 2 is 1.93 bits per heavy atom. The Labute approximate surface area is 159 Å². The summed E-state index contributed by atoms with van der Waals surface area (Å²) in [5.74, 6) is -1.58. The van der Waals surface area contributed by atoms with Crippen molar-refractivity contribution in [2.24, 2.45) is 0 Å². The molecule has 1 aliphatic rings. The van der Waals surface area contributed by atoms with Gasteiger partial charge in [0.1, 0.15) is 11.4 Å². The molecule has 1 saturated heterocycles. The van der Waals surface area contributed by atoms with Crippen LogP contribution in [0, 0.1) is 5.82 Å². The van der Waals surface area contributed by atoms with Gasteiger partial charge in [-0.1, -0.05) is 6.07 Å². The molecule has 1 aliphatic heterocycles. The van der Waals surface area contributed by atoms with Crippen LogP contribution in [0.1, 0.15) is 39.2 Å². The lowest BCUT2D eigenvalue weighted by atomic mass is 9.90. The molecule has 150 valence electrons. The molecule has 27 heavy (non-hydrogen) atoms. The minimum atomic E-state index is -0.772. The van der Waals surface area contributed by atoms with Crippen molar-refractivity contribution >= 4 is 17.7 Å². The van der Waals surface area contributed by atoms with E-state index in [4.69, 9.17) is 15.2 Å². The van der Waals surface area contributed by atoms with Crippen molar-refractivity contribution in [2.45, 2.75) is 45.3 Å². The fourth-order valence-corrected chi connectivity index (χ4v) is 2.94. The molecule has 0 bridgehead atoms. The fraction of sp³-hybridized carbons (Fsp3) is 0.579. The summed E-state index contributed by atoms with van der Waals surface area (Å²) in [5, 5.41) is 2.70. The number of nitrogens with zero attached hydrogens (tertiary/aromatic N) is 1. The van der Waals surface area contributed by atoms with Gasteiger partial charge in [0.25, 0.3) is 0 Å². The normalized spacial score (nSPS) is 17.1. The SMILES string of the molecule is C[C@@H](NC(=O)OC(C)(C)C)[C@@H](C(=O)N1CCOCC1)c1ccc(N)c(F)c1. The Hall–Kier alpha value is -2.35. The van der Waals surface area contributed by atoms with E-state index in [1.54, 1.807) is 38.7 Å². The summed E-state index contributed by atoms with van der Waals surface area (Å²) >= 11 is 0. The molecule has 8 heteroatoms. The molecule has 0 aromatic heterocycles. The number of carbonyl (C=O) groups excluding carboxylic acids is 2. The fourth-order valence-electron chi connectivity index (χ4n) is 2.94. The molecule has 0 saturated carbocycles. The van der Waals surface area contributed by atoms with Gasteiger partial charge in [0, 0.05) is 19.1 Å². The number of alkyl carbamates (subject to hydrolysis) is 1. The highest BCUT2D eigenvalue weighted by molar-refractivity contribution is 5.85. The second-order valence-electron chi connectivity index (χ2n) is 7.63. The van der Waals surface area contributed by atoms with Gasteiger partial charge in [0.05, 0.1) is 24.8 Å². The van der Waals surface area contributed by atoms with Crippen molar-refractivity contribution < 1.29 is 23.5 Å². The number of amides is 2. The highest BCUT2D eigenvalue weighted by atomic mass is 19.1. The molecule has 7 nitrogen and oxygen atoms in total. The number of nitrogen functional groups attached to an aromatic ring is 1. The van der Waals surface area contributed by atoms with Crippen molar-refractivity contribution in [3.63, 3.8) is 0 Å². The van der Waals surface area contributed by atoms with Gasteiger partial charge < -0.3 is 25.4 Å². The molecular weight excluding hydrogens is 353 g/mol. The van der Waals surface area contributed by atoms with Gasteiger partial charge in [-0.25, -0.2) is 9.18 Å². The maximum atomic E-state index is 14.0. The number of benzene rings is 1. The first-order chi connectivity index (χ1) is 12.6. The van der Waals surface area contributed by atoms with Gasteiger partial charge in [0.2, 0.25) is 5.91 Å². The smallest absolute Gasteiger partial charge is 0.407 e. The lowest BCUT2D eigenvalue weighted by Gasteiger charge is -2.33. The van der Waals surface area contributed by atoms with Crippen LogP contribution >= 0.6 is 0 Å². The highest BCUT2D eigenvalue weighted by Crippen LogP contribution is 2.26. The number of carbonyl (C=O) groups is 2. The summed E-state index contributed by atoms with van der Waals surface area (Å²) in [4.78, 5) is 26.9. The highest BCUT2D eigenvalue weighted by Gasteiger charge is 2.33. The second-order valence-corrected chi connectivity index (χ2v) is 7.63. The van der Waals surface area contributed by atoms with Crippen LogP contribution in [0.5, 0.6) is 0 Å². The Balaban J connectivity index is 2.26. The van der Waals surface area contributed by atoms with Crippen LogP contribution in [0.2, 0.25) is 0 Å². The van der Waals surface area contributed by atoms with Gasteiger partial charge in [-0.2, -0.15) is 0 Å². The number of nitrogens with two attached hydrogens (primary N) is 1. The van der Waals surface area contributed by atoms with Crippen LogP contribution in [0.4, 0.5) is 14.9 Å². The topological polar surface area (TPSA) is 93.9 Å². The van der Waals surface area contributed by atoms with E-state index in [1.807, 2.05) is 0 Å². The number of anilines is 1. The third kappa shape index (κ3) is 5.82. The van der Waals surface area contributed by atoms with Crippen LogP contribution in [0.25, 0.3) is 0 Å². The molecule has 1 aromatic carbocycles. The van der Waals surface area contributed by atoms with E-state index in [1.165, 1.54) is 12.1 Å². The Morgan fingerprint density at radius 3 is 2.48 bits per heavy atom. The number of morpholine rings is 1.